The standard InChI is InChI=1S/C14H15N.2C2H6/c1-5-9-11(6-2)14-10-12(7-3)13(8-4)15-14;2*1-2/h5-10,15H,1-4H2;2*1-2H3/b11-9+;;. The molecule has 0 aromatic carbocycles. The van der Waals surface area contributed by atoms with Crippen LogP contribution in [0.5, 0.6) is 0 Å². The summed E-state index contributed by atoms with van der Waals surface area (Å²) in [7, 11) is 0. The summed E-state index contributed by atoms with van der Waals surface area (Å²) in [4.78, 5) is 3.24. The highest BCUT2D eigenvalue weighted by molar-refractivity contribution is 5.76. The molecule has 1 heteroatoms. The summed E-state index contributed by atoms with van der Waals surface area (Å²) in [6.07, 6.45) is 8.99. The molecule has 1 N–H and O–H groups in total. The van der Waals surface area contributed by atoms with Crippen molar-refractivity contribution in [2.45, 2.75) is 27.7 Å². The molecular formula is C18H27N. The van der Waals surface area contributed by atoms with Crippen LogP contribution in [-0.2, 0) is 0 Å². The maximum atomic E-state index is 3.76. The number of hydrogen-bond acceptors (Lipinski definition) is 0. The van der Waals surface area contributed by atoms with E-state index in [1.807, 2.05) is 39.8 Å². The lowest BCUT2D eigenvalue weighted by atomic mass is 10.1. The van der Waals surface area contributed by atoms with Gasteiger partial charge in [-0.15, -0.1) is 0 Å². The van der Waals surface area contributed by atoms with Gasteiger partial charge in [-0.3, -0.25) is 0 Å². The van der Waals surface area contributed by atoms with Crippen LogP contribution in [0.2, 0.25) is 0 Å². The van der Waals surface area contributed by atoms with Crippen molar-refractivity contribution in [3.63, 3.8) is 0 Å². The van der Waals surface area contributed by atoms with E-state index in [0.717, 1.165) is 22.5 Å². The first kappa shape index (κ1) is 19.3. The maximum absolute atomic E-state index is 3.76. The Hall–Kier alpha value is -2.02. The van der Waals surface area contributed by atoms with Gasteiger partial charge in [-0.1, -0.05) is 78.3 Å². The molecule has 0 unspecified atom stereocenters. The molecule has 0 atom stereocenters. The van der Waals surface area contributed by atoms with Gasteiger partial charge < -0.3 is 4.98 Å². The Bertz CT molecular complexity index is 405. The van der Waals surface area contributed by atoms with Gasteiger partial charge in [-0.25, -0.2) is 0 Å². The molecule has 1 aromatic rings. The van der Waals surface area contributed by atoms with E-state index in [4.69, 9.17) is 0 Å². The number of hydrogen-bond donors (Lipinski definition) is 1. The maximum Gasteiger partial charge on any atom is 0.0464 e. The highest BCUT2D eigenvalue weighted by Crippen LogP contribution is 2.20. The van der Waals surface area contributed by atoms with Gasteiger partial charge in [0.1, 0.15) is 0 Å². The molecular weight excluding hydrogens is 230 g/mol. The van der Waals surface area contributed by atoms with Gasteiger partial charge in [0.15, 0.2) is 0 Å². The molecule has 0 saturated heterocycles. The summed E-state index contributed by atoms with van der Waals surface area (Å²) in [5.74, 6) is 0. The molecule has 1 nitrogen and oxygen atoms in total. The van der Waals surface area contributed by atoms with Crippen LogP contribution in [0.15, 0.2) is 50.6 Å². The minimum Gasteiger partial charge on any atom is -0.355 e. The zero-order chi connectivity index (χ0) is 15.3. The summed E-state index contributed by atoms with van der Waals surface area (Å²) in [5, 5.41) is 0. The van der Waals surface area contributed by atoms with E-state index in [2.05, 4.69) is 31.3 Å². The molecule has 1 rings (SSSR count). The smallest absolute Gasteiger partial charge is 0.0464 e. The Balaban J connectivity index is 0. The summed E-state index contributed by atoms with van der Waals surface area (Å²) < 4.78 is 0. The molecule has 0 aliphatic rings. The van der Waals surface area contributed by atoms with Crippen LogP contribution in [0.3, 0.4) is 0 Å². The second-order valence-corrected chi connectivity index (χ2v) is 3.02. The fourth-order valence-corrected chi connectivity index (χ4v) is 1.37. The van der Waals surface area contributed by atoms with Crippen LogP contribution in [0.25, 0.3) is 17.7 Å². The third-order valence-corrected chi connectivity index (χ3v) is 2.13. The fourth-order valence-electron chi connectivity index (χ4n) is 1.37. The van der Waals surface area contributed by atoms with E-state index in [0.29, 0.717) is 0 Å². The number of allylic oxidation sites excluding steroid dienone is 4. The van der Waals surface area contributed by atoms with Gasteiger partial charge in [0.05, 0.1) is 0 Å². The van der Waals surface area contributed by atoms with Crippen LogP contribution in [-0.4, -0.2) is 4.98 Å². The minimum absolute atomic E-state index is 0.969. The number of nitrogens with one attached hydrogen (secondary N) is 1. The molecule has 19 heavy (non-hydrogen) atoms. The summed E-state index contributed by atoms with van der Waals surface area (Å²) >= 11 is 0. The molecule has 0 radical (unpaired) electrons. The van der Waals surface area contributed by atoms with Crippen molar-refractivity contribution in [2.24, 2.45) is 0 Å². The predicted molar refractivity (Wildman–Crippen MR) is 92.0 cm³/mol. The van der Waals surface area contributed by atoms with Crippen molar-refractivity contribution in [1.29, 1.82) is 0 Å². The first-order valence-corrected chi connectivity index (χ1v) is 6.70. The van der Waals surface area contributed by atoms with Crippen molar-refractivity contribution in [2.75, 3.05) is 0 Å². The highest BCUT2D eigenvalue weighted by Gasteiger charge is 2.04. The zero-order valence-corrected chi connectivity index (χ0v) is 12.8. The van der Waals surface area contributed by atoms with Gasteiger partial charge >= 0.3 is 0 Å². The molecule has 0 aliphatic carbocycles. The Morgan fingerprint density at radius 1 is 1.00 bits per heavy atom. The summed E-state index contributed by atoms with van der Waals surface area (Å²) in [6.45, 7) is 22.9. The quantitative estimate of drug-likeness (QED) is 0.613. The summed E-state index contributed by atoms with van der Waals surface area (Å²) in [6, 6.07) is 2.01. The second kappa shape index (κ2) is 12.4. The molecule has 0 aliphatic heterocycles. The van der Waals surface area contributed by atoms with Crippen molar-refractivity contribution >= 4 is 17.7 Å². The minimum atomic E-state index is 0.969. The van der Waals surface area contributed by atoms with E-state index in [1.54, 1.807) is 24.3 Å². The van der Waals surface area contributed by atoms with Crippen LogP contribution in [0.1, 0.15) is 44.6 Å². The van der Waals surface area contributed by atoms with Crippen LogP contribution < -0.4 is 0 Å². The van der Waals surface area contributed by atoms with Crippen molar-refractivity contribution in [3.05, 3.63) is 67.6 Å². The van der Waals surface area contributed by atoms with Gasteiger partial charge in [0, 0.05) is 11.4 Å². The average molecular weight is 257 g/mol. The third-order valence-electron chi connectivity index (χ3n) is 2.13. The first-order valence-electron chi connectivity index (χ1n) is 6.70. The van der Waals surface area contributed by atoms with Gasteiger partial charge in [-0.05, 0) is 23.3 Å². The fraction of sp³-hybridized carbons (Fsp3) is 0.222. The lowest BCUT2D eigenvalue weighted by molar-refractivity contribution is 1.33. The monoisotopic (exact) mass is 257 g/mol. The molecule has 104 valence electrons. The zero-order valence-electron chi connectivity index (χ0n) is 12.8. The van der Waals surface area contributed by atoms with E-state index >= 15 is 0 Å². The number of rotatable bonds is 5. The predicted octanol–water partition coefficient (Wildman–Crippen LogP) is 6.11. The Morgan fingerprint density at radius 3 is 1.89 bits per heavy atom. The Kier molecular flexibility index (Phi) is 12.6. The van der Waals surface area contributed by atoms with Crippen LogP contribution >= 0.6 is 0 Å². The van der Waals surface area contributed by atoms with Crippen LogP contribution in [0, 0.1) is 0 Å². The SMILES string of the molecule is C=C/C=C(\C=C)c1cc(C=C)c(C=C)[nH]1.CC.CC. The number of aromatic amines is 1. The van der Waals surface area contributed by atoms with Gasteiger partial charge in [-0.2, -0.15) is 0 Å². The second-order valence-electron chi connectivity index (χ2n) is 3.02. The number of aromatic nitrogens is 1. The van der Waals surface area contributed by atoms with Crippen molar-refractivity contribution in [1.82, 2.24) is 4.98 Å². The highest BCUT2D eigenvalue weighted by atomic mass is 14.7. The summed E-state index contributed by atoms with van der Waals surface area (Å²) in [5.41, 5.74) is 4.00. The first-order chi connectivity index (χ1) is 9.26. The molecule has 0 bridgehead atoms. The molecule has 0 saturated carbocycles. The largest absolute Gasteiger partial charge is 0.355 e. The average Bonchev–Trinajstić information content (AvgIpc) is 2.92. The van der Waals surface area contributed by atoms with Crippen molar-refractivity contribution < 1.29 is 0 Å². The molecule has 1 heterocycles. The Morgan fingerprint density at radius 2 is 1.58 bits per heavy atom. The van der Waals surface area contributed by atoms with E-state index in [-0.39, 0.29) is 0 Å². The Labute approximate surface area is 118 Å². The number of H-pyrrole nitrogens is 1. The molecule has 1 aromatic heterocycles. The molecule has 0 amide bonds. The van der Waals surface area contributed by atoms with Gasteiger partial charge in [0.25, 0.3) is 0 Å². The molecule has 0 spiro atoms. The molecule has 0 fully saturated rings. The van der Waals surface area contributed by atoms with E-state index in [9.17, 15) is 0 Å². The van der Waals surface area contributed by atoms with Crippen LogP contribution in [0.4, 0.5) is 0 Å². The van der Waals surface area contributed by atoms with Crippen molar-refractivity contribution in [3.8, 4) is 0 Å². The van der Waals surface area contributed by atoms with Gasteiger partial charge in [0.2, 0.25) is 0 Å². The normalized spacial score (nSPS) is 9.16. The third kappa shape index (κ3) is 5.91. The topological polar surface area (TPSA) is 15.8 Å². The lowest BCUT2D eigenvalue weighted by Crippen LogP contribution is -1.80. The van der Waals surface area contributed by atoms with E-state index < -0.39 is 0 Å². The lowest BCUT2D eigenvalue weighted by Gasteiger charge is -1.95. The van der Waals surface area contributed by atoms with E-state index in [1.165, 1.54) is 0 Å².